The molecule has 214 valence electrons. The van der Waals surface area contributed by atoms with Crippen LogP contribution < -0.4 is 14.9 Å². The van der Waals surface area contributed by atoms with Crippen LogP contribution in [-0.2, 0) is 17.5 Å². The maximum Gasteiger partial charge on any atom is 0.453 e. The Hall–Kier alpha value is -3.86. The molecule has 4 aromatic rings. The number of benzene rings is 3. The maximum absolute atomic E-state index is 14.3. The minimum Gasteiger partial charge on any atom is -0.449 e. The lowest BCUT2D eigenvalue weighted by molar-refractivity contribution is -0.154. The summed E-state index contributed by atoms with van der Waals surface area (Å²) in [5.41, 5.74) is 0.506. The summed E-state index contributed by atoms with van der Waals surface area (Å²) in [6.45, 7) is 5.36. The summed E-state index contributed by atoms with van der Waals surface area (Å²) in [6, 6.07) is 13.5. The molecule has 11 heteroatoms. The van der Waals surface area contributed by atoms with E-state index in [4.69, 9.17) is 30.2 Å². The van der Waals surface area contributed by atoms with Gasteiger partial charge in [-0.3, -0.25) is 9.69 Å². The molecule has 0 amide bonds. The number of carbonyl (C=O) groups is 1. The number of rotatable bonds is 6. The quantitative estimate of drug-likeness (QED) is 0.179. The van der Waals surface area contributed by atoms with E-state index >= 15 is 0 Å². The van der Waals surface area contributed by atoms with E-state index in [1.165, 1.54) is 30.3 Å². The van der Waals surface area contributed by atoms with Crippen molar-refractivity contribution < 1.29 is 36.6 Å². The molecule has 3 aromatic carbocycles. The molecule has 1 saturated heterocycles. The van der Waals surface area contributed by atoms with Gasteiger partial charge in [0.05, 0.1) is 29.7 Å². The topological polar surface area (TPSA) is 78.2 Å². The summed E-state index contributed by atoms with van der Waals surface area (Å²) in [5, 5.41) is 0.233. The van der Waals surface area contributed by atoms with E-state index in [0.29, 0.717) is 36.9 Å². The Morgan fingerprint density at radius 2 is 1.73 bits per heavy atom. The molecule has 0 N–H and O–H groups in total. The minimum absolute atomic E-state index is 0.0127. The molecule has 0 radical (unpaired) electrons. The molecule has 5 rings (SSSR count). The van der Waals surface area contributed by atoms with Crippen LogP contribution in [0.15, 0.2) is 63.8 Å². The summed E-state index contributed by atoms with van der Waals surface area (Å²) in [6.07, 6.45) is -5.07. The third-order valence-electron chi connectivity index (χ3n) is 6.66. The van der Waals surface area contributed by atoms with Crippen LogP contribution in [0.2, 0.25) is 5.02 Å². The van der Waals surface area contributed by atoms with Gasteiger partial charge in [0, 0.05) is 24.7 Å². The summed E-state index contributed by atoms with van der Waals surface area (Å²) >= 11 is 6.03. The fraction of sp³-hybridized carbons (Fsp3) is 0.267. The van der Waals surface area contributed by atoms with Crippen LogP contribution in [0, 0.1) is 13.8 Å². The Morgan fingerprint density at radius 1 is 1.02 bits per heavy atom. The van der Waals surface area contributed by atoms with Crippen LogP contribution in [0.5, 0.6) is 17.2 Å². The zero-order valence-corrected chi connectivity index (χ0v) is 22.9. The first-order chi connectivity index (χ1) is 19.5. The highest BCUT2D eigenvalue weighted by atomic mass is 35.5. The molecular formula is C30H25ClF3NO6. The number of morpholine rings is 1. The van der Waals surface area contributed by atoms with Crippen molar-refractivity contribution in [1.29, 1.82) is 0 Å². The third kappa shape index (κ3) is 6.24. The molecule has 0 aliphatic carbocycles. The van der Waals surface area contributed by atoms with E-state index in [9.17, 15) is 22.8 Å². The Balaban J connectivity index is 1.65. The average Bonchev–Trinajstić information content (AvgIpc) is 2.93. The third-order valence-corrected chi connectivity index (χ3v) is 7.08. The SMILES string of the molecule is Cc1ccc(C(=O)Oc2ccc3c(=O)c(Oc4ccc(Cl)c(C)c4)c(C(F)(F)F)oc3c2CN2CCOCC2)cc1. The number of ether oxygens (including phenoxy) is 3. The highest BCUT2D eigenvalue weighted by Crippen LogP contribution is 2.40. The number of fused-ring (bicyclic) bond motifs is 1. The lowest BCUT2D eigenvalue weighted by atomic mass is 10.1. The van der Waals surface area contributed by atoms with E-state index in [0.717, 1.165) is 5.56 Å². The molecule has 0 spiro atoms. The van der Waals surface area contributed by atoms with Crippen molar-refractivity contribution in [2.45, 2.75) is 26.6 Å². The molecule has 0 atom stereocenters. The average molecular weight is 588 g/mol. The molecule has 0 saturated carbocycles. The number of alkyl halides is 3. The number of hydrogen-bond acceptors (Lipinski definition) is 7. The standard InChI is InChI=1S/C30H25ClF3NO6/c1-17-3-5-19(6-4-17)29(37)40-24-10-8-21-25(36)27(39-20-7-9-23(31)18(2)15-20)28(30(32,33)34)41-26(21)22(24)16-35-11-13-38-14-12-35/h3-10,15H,11-14,16H2,1-2H3. The van der Waals surface area contributed by atoms with Gasteiger partial charge in [-0.2, -0.15) is 13.2 Å². The van der Waals surface area contributed by atoms with Crippen molar-refractivity contribution >= 4 is 28.5 Å². The molecule has 1 aliphatic rings. The molecule has 41 heavy (non-hydrogen) atoms. The van der Waals surface area contributed by atoms with Gasteiger partial charge in [-0.1, -0.05) is 29.3 Å². The number of aryl methyl sites for hydroxylation is 2. The van der Waals surface area contributed by atoms with E-state index in [2.05, 4.69) is 0 Å². The van der Waals surface area contributed by atoms with Crippen molar-refractivity contribution in [2.75, 3.05) is 26.3 Å². The molecule has 1 aliphatic heterocycles. The normalized spacial score (nSPS) is 14.3. The predicted molar refractivity (Wildman–Crippen MR) is 146 cm³/mol. The first-order valence-corrected chi connectivity index (χ1v) is 13.1. The fourth-order valence-electron chi connectivity index (χ4n) is 4.43. The van der Waals surface area contributed by atoms with Crippen LogP contribution in [-0.4, -0.2) is 37.2 Å². The Bertz CT molecular complexity index is 1660. The molecule has 1 fully saturated rings. The number of carbonyl (C=O) groups excluding carboxylic acids is 1. The van der Waals surface area contributed by atoms with E-state index < -0.39 is 29.1 Å². The highest BCUT2D eigenvalue weighted by molar-refractivity contribution is 6.31. The van der Waals surface area contributed by atoms with Gasteiger partial charge < -0.3 is 18.6 Å². The van der Waals surface area contributed by atoms with Crippen LogP contribution in [0.1, 0.15) is 32.8 Å². The first kappa shape index (κ1) is 28.7. The number of esters is 1. The molecule has 2 heterocycles. The number of hydrogen-bond donors (Lipinski definition) is 0. The van der Waals surface area contributed by atoms with Crippen molar-refractivity contribution in [1.82, 2.24) is 4.90 Å². The Labute approximate surface area is 238 Å². The van der Waals surface area contributed by atoms with Gasteiger partial charge >= 0.3 is 12.1 Å². The second-order valence-corrected chi connectivity index (χ2v) is 10.1. The summed E-state index contributed by atoms with van der Waals surface area (Å²) in [5.74, 6) is -3.35. The zero-order chi connectivity index (χ0) is 29.3. The van der Waals surface area contributed by atoms with Crippen LogP contribution >= 0.6 is 11.6 Å². The lowest BCUT2D eigenvalue weighted by Gasteiger charge is -2.27. The van der Waals surface area contributed by atoms with Gasteiger partial charge in [-0.15, -0.1) is 0 Å². The second kappa shape index (κ2) is 11.6. The summed E-state index contributed by atoms with van der Waals surface area (Å²) in [7, 11) is 0. The zero-order valence-electron chi connectivity index (χ0n) is 22.1. The van der Waals surface area contributed by atoms with Gasteiger partial charge in [0.25, 0.3) is 5.76 Å². The fourth-order valence-corrected chi connectivity index (χ4v) is 4.55. The van der Waals surface area contributed by atoms with Crippen LogP contribution in [0.4, 0.5) is 13.2 Å². The molecule has 7 nitrogen and oxygen atoms in total. The maximum atomic E-state index is 14.3. The monoisotopic (exact) mass is 587 g/mol. The van der Waals surface area contributed by atoms with E-state index in [-0.39, 0.29) is 40.1 Å². The van der Waals surface area contributed by atoms with Gasteiger partial charge in [-0.25, -0.2) is 4.79 Å². The van der Waals surface area contributed by atoms with Gasteiger partial charge in [0.15, 0.2) is 0 Å². The first-order valence-electron chi connectivity index (χ1n) is 12.7. The van der Waals surface area contributed by atoms with Gasteiger partial charge in [-0.05, 0) is 61.9 Å². The predicted octanol–water partition coefficient (Wildman–Crippen LogP) is 6.93. The largest absolute Gasteiger partial charge is 0.453 e. The summed E-state index contributed by atoms with van der Waals surface area (Å²) in [4.78, 5) is 28.4. The van der Waals surface area contributed by atoms with Crippen LogP contribution in [0.25, 0.3) is 11.0 Å². The van der Waals surface area contributed by atoms with E-state index in [1.54, 1.807) is 31.2 Å². The van der Waals surface area contributed by atoms with Crippen molar-refractivity contribution in [3.63, 3.8) is 0 Å². The van der Waals surface area contributed by atoms with Gasteiger partial charge in [0.2, 0.25) is 11.2 Å². The molecule has 1 aromatic heterocycles. The second-order valence-electron chi connectivity index (χ2n) is 9.66. The van der Waals surface area contributed by atoms with Crippen LogP contribution in [0.3, 0.4) is 0 Å². The molecular weight excluding hydrogens is 563 g/mol. The number of halogens is 4. The smallest absolute Gasteiger partial charge is 0.449 e. The summed E-state index contributed by atoms with van der Waals surface area (Å²) < 4.78 is 64.9. The Morgan fingerprint density at radius 3 is 2.39 bits per heavy atom. The van der Waals surface area contributed by atoms with Gasteiger partial charge in [0.1, 0.15) is 17.1 Å². The minimum atomic E-state index is -5.07. The van der Waals surface area contributed by atoms with Crippen molar-refractivity contribution in [3.05, 3.63) is 97.9 Å². The highest BCUT2D eigenvalue weighted by Gasteiger charge is 2.41. The van der Waals surface area contributed by atoms with Crippen molar-refractivity contribution in [3.8, 4) is 17.2 Å². The van der Waals surface area contributed by atoms with E-state index in [1.807, 2.05) is 11.8 Å². The molecule has 0 unspecified atom stereocenters. The number of nitrogens with zero attached hydrogens (tertiary/aromatic N) is 1. The Kier molecular flexibility index (Phi) is 8.08. The van der Waals surface area contributed by atoms with Crippen molar-refractivity contribution in [2.24, 2.45) is 0 Å². The molecule has 0 bridgehead atoms. The lowest BCUT2D eigenvalue weighted by Crippen LogP contribution is -2.36.